The van der Waals surface area contributed by atoms with Crippen molar-refractivity contribution in [2.24, 2.45) is 0 Å². The Hall–Kier alpha value is -2.25. The molecule has 1 unspecified atom stereocenters. The van der Waals surface area contributed by atoms with E-state index in [1.54, 1.807) is 0 Å². The molecule has 5 nitrogen and oxygen atoms in total. The third kappa shape index (κ3) is 4.14. The fourth-order valence-electron chi connectivity index (χ4n) is 2.32. The van der Waals surface area contributed by atoms with Gasteiger partial charge in [-0.1, -0.05) is 12.1 Å². The van der Waals surface area contributed by atoms with Crippen LogP contribution in [0.4, 0.5) is 18.0 Å². The molecule has 1 aliphatic heterocycles. The second kappa shape index (κ2) is 6.47. The minimum absolute atomic E-state index is 0.0310. The van der Waals surface area contributed by atoms with Crippen molar-refractivity contribution in [2.45, 2.75) is 38.7 Å². The zero-order valence-corrected chi connectivity index (χ0v) is 12.8. The lowest BCUT2D eigenvalue weighted by Gasteiger charge is -2.18. The lowest BCUT2D eigenvalue weighted by atomic mass is 10.1. The molecule has 23 heavy (non-hydrogen) atoms. The van der Waals surface area contributed by atoms with Gasteiger partial charge in [-0.25, -0.2) is 4.79 Å². The number of hydrogen-bond donors (Lipinski definition) is 2. The quantitative estimate of drug-likeness (QED) is 0.889. The third-order valence-electron chi connectivity index (χ3n) is 3.60. The summed E-state index contributed by atoms with van der Waals surface area (Å²) >= 11 is 0. The Kier molecular flexibility index (Phi) is 4.82. The maximum Gasteiger partial charge on any atom is 0.416 e. The molecular weight excluding hydrogens is 311 g/mol. The largest absolute Gasteiger partial charge is 0.416 e. The van der Waals surface area contributed by atoms with E-state index in [1.807, 2.05) is 13.8 Å². The number of nitrogens with zero attached hydrogens (tertiary/aromatic N) is 1. The molecule has 2 N–H and O–H groups in total. The number of urea groups is 1. The van der Waals surface area contributed by atoms with E-state index in [0.717, 1.165) is 12.1 Å². The predicted molar refractivity (Wildman–Crippen MR) is 77.5 cm³/mol. The first kappa shape index (κ1) is 17.1. The first-order valence-electron chi connectivity index (χ1n) is 7.19. The summed E-state index contributed by atoms with van der Waals surface area (Å²) in [5, 5.41) is 5.10. The van der Waals surface area contributed by atoms with Crippen molar-refractivity contribution in [1.29, 1.82) is 0 Å². The van der Waals surface area contributed by atoms with Crippen molar-refractivity contribution < 1.29 is 22.8 Å². The van der Waals surface area contributed by atoms with Gasteiger partial charge in [-0.2, -0.15) is 13.2 Å². The van der Waals surface area contributed by atoms with E-state index in [1.165, 1.54) is 17.0 Å². The van der Waals surface area contributed by atoms with Crippen molar-refractivity contribution in [3.63, 3.8) is 0 Å². The van der Waals surface area contributed by atoms with Crippen molar-refractivity contribution in [3.8, 4) is 0 Å². The van der Waals surface area contributed by atoms with Crippen molar-refractivity contribution in [2.75, 3.05) is 6.54 Å². The molecular formula is C15H18F3N3O2. The number of alkyl halides is 3. The van der Waals surface area contributed by atoms with Crippen LogP contribution in [-0.4, -0.2) is 35.5 Å². The highest BCUT2D eigenvalue weighted by molar-refractivity contribution is 5.90. The minimum atomic E-state index is -4.42. The van der Waals surface area contributed by atoms with Crippen LogP contribution in [-0.2, 0) is 17.5 Å². The zero-order chi connectivity index (χ0) is 17.2. The molecule has 0 spiro atoms. The van der Waals surface area contributed by atoms with Crippen molar-refractivity contribution in [3.05, 3.63) is 35.4 Å². The van der Waals surface area contributed by atoms with Crippen LogP contribution < -0.4 is 10.6 Å². The number of nitrogens with one attached hydrogen (secondary N) is 2. The SMILES string of the molecule is CC(C)N1CC(C(=O)NCc2cccc(C(F)(F)F)c2)NC1=O. The molecule has 0 bridgehead atoms. The van der Waals surface area contributed by atoms with Gasteiger partial charge in [0.25, 0.3) is 0 Å². The molecule has 0 aromatic heterocycles. The number of amides is 3. The summed E-state index contributed by atoms with van der Waals surface area (Å²) in [6.07, 6.45) is -4.42. The van der Waals surface area contributed by atoms with E-state index >= 15 is 0 Å². The Morgan fingerprint density at radius 3 is 2.70 bits per heavy atom. The van der Waals surface area contributed by atoms with E-state index in [2.05, 4.69) is 10.6 Å². The summed E-state index contributed by atoms with van der Waals surface area (Å²) in [5.41, 5.74) is -0.414. The molecule has 1 aliphatic rings. The van der Waals surface area contributed by atoms with Crippen LogP contribution in [0.1, 0.15) is 25.0 Å². The van der Waals surface area contributed by atoms with Gasteiger partial charge in [-0.3, -0.25) is 4.79 Å². The highest BCUT2D eigenvalue weighted by Crippen LogP contribution is 2.29. The first-order chi connectivity index (χ1) is 10.7. The number of halogens is 3. The summed E-state index contributed by atoms with van der Waals surface area (Å²) in [6.45, 7) is 3.88. The third-order valence-corrected chi connectivity index (χ3v) is 3.60. The monoisotopic (exact) mass is 329 g/mol. The van der Waals surface area contributed by atoms with Crippen LogP contribution in [0.15, 0.2) is 24.3 Å². The Balaban J connectivity index is 1.94. The normalized spacial score (nSPS) is 18.3. The van der Waals surface area contributed by atoms with E-state index in [0.29, 0.717) is 5.56 Å². The molecule has 2 rings (SSSR count). The van der Waals surface area contributed by atoms with E-state index in [9.17, 15) is 22.8 Å². The Morgan fingerprint density at radius 2 is 2.13 bits per heavy atom. The molecule has 126 valence electrons. The van der Waals surface area contributed by atoms with Crippen LogP contribution in [0.5, 0.6) is 0 Å². The fourth-order valence-corrected chi connectivity index (χ4v) is 2.32. The average molecular weight is 329 g/mol. The summed E-state index contributed by atoms with van der Waals surface area (Å²) in [5.74, 6) is -0.418. The summed E-state index contributed by atoms with van der Waals surface area (Å²) in [7, 11) is 0. The van der Waals surface area contributed by atoms with E-state index < -0.39 is 23.7 Å². The van der Waals surface area contributed by atoms with Crippen LogP contribution in [0, 0.1) is 0 Å². The van der Waals surface area contributed by atoms with E-state index in [4.69, 9.17) is 0 Å². The van der Waals surface area contributed by atoms with Crippen molar-refractivity contribution >= 4 is 11.9 Å². The topological polar surface area (TPSA) is 61.4 Å². The van der Waals surface area contributed by atoms with Gasteiger partial charge in [-0.15, -0.1) is 0 Å². The molecule has 1 aromatic rings. The zero-order valence-electron chi connectivity index (χ0n) is 12.8. The average Bonchev–Trinajstić information content (AvgIpc) is 2.86. The molecule has 0 radical (unpaired) electrons. The lowest BCUT2D eigenvalue weighted by Crippen LogP contribution is -2.42. The molecule has 1 atom stereocenters. The van der Waals surface area contributed by atoms with Gasteiger partial charge in [0.1, 0.15) is 6.04 Å². The Morgan fingerprint density at radius 1 is 1.43 bits per heavy atom. The molecule has 1 fully saturated rings. The molecule has 1 aromatic carbocycles. The lowest BCUT2D eigenvalue weighted by molar-refractivity contribution is -0.137. The minimum Gasteiger partial charge on any atom is -0.350 e. The second-order valence-electron chi connectivity index (χ2n) is 5.66. The Bertz CT molecular complexity index is 602. The predicted octanol–water partition coefficient (Wildman–Crippen LogP) is 2.12. The van der Waals surface area contributed by atoms with Gasteiger partial charge in [0, 0.05) is 12.6 Å². The van der Waals surface area contributed by atoms with Crippen LogP contribution in [0.3, 0.4) is 0 Å². The maximum atomic E-state index is 12.6. The van der Waals surface area contributed by atoms with Gasteiger partial charge < -0.3 is 15.5 Å². The summed E-state index contributed by atoms with van der Waals surface area (Å²) in [4.78, 5) is 25.2. The molecule has 1 heterocycles. The number of carbonyl (C=O) groups is 2. The van der Waals surface area contributed by atoms with Crippen LogP contribution in [0.25, 0.3) is 0 Å². The number of carbonyl (C=O) groups excluding carboxylic acids is 2. The summed E-state index contributed by atoms with van der Waals surface area (Å²) in [6, 6.07) is 3.72. The standard InChI is InChI=1S/C15H18F3N3O2/c1-9(2)21-8-12(20-14(21)23)13(22)19-7-10-4-3-5-11(6-10)15(16,17)18/h3-6,9,12H,7-8H2,1-2H3,(H,19,22)(H,20,23). The molecule has 3 amide bonds. The molecule has 8 heteroatoms. The van der Waals surface area contributed by atoms with Gasteiger partial charge in [0.05, 0.1) is 12.1 Å². The van der Waals surface area contributed by atoms with Crippen LogP contribution in [0.2, 0.25) is 0 Å². The Labute approximate surface area is 131 Å². The van der Waals surface area contributed by atoms with Gasteiger partial charge >= 0.3 is 12.2 Å². The first-order valence-corrected chi connectivity index (χ1v) is 7.19. The van der Waals surface area contributed by atoms with Crippen molar-refractivity contribution in [1.82, 2.24) is 15.5 Å². The second-order valence-corrected chi connectivity index (χ2v) is 5.66. The number of benzene rings is 1. The van der Waals surface area contributed by atoms with Gasteiger partial charge in [0.15, 0.2) is 0 Å². The highest BCUT2D eigenvalue weighted by atomic mass is 19.4. The smallest absolute Gasteiger partial charge is 0.350 e. The molecule has 0 saturated carbocycles. The fraction of sp³-hybridized carbons (Fsp3) is 0.467. The maximum absolute atomic E-state index is 12.6. The van der Waals surface area contributed by atoms with E-state index in [-0.39, 0.29) is 25.2 Å². The van der Waals surface area contributed by atoms with Gasteiger partial charge in [0.2, 0.25) is 5.91 Å². The molecule has 1 saturated heterocycles. The molecule has 0 aliphatic carbocycles. The number of rotatable bonds is 4. The van der Waals surface area contributed by atoms with Gasteiger partial charge in [-0.05, 0) is 31.5 Å². The highest BCUT2D eigenvalue weighted by Gasteiger charge is 2.34. The van der Waals surface area contributed by atoms with Crippen LogP contribution >= 0.6 is 0 Å². The summed E-state index contributed by atoms with van der Waals surface area (Å²) < 4.78 is 37.9. The number of hydrogen-bond acceptors (Lipinski definition) is 2.